The zero-order chi connectivity index (χ0) is 30.7. The van der Waals surface area contributed by atoms with Crippen molar-refractivity contribution in [3.63, 3.8) is 0 Å². The third kappa shape index (κ3) is 8.34. The van der Waals surface area contributed by atoms with Gasteiger partial charge in [0.2, 0.25) is 5.91 Å². The highest BCUT2D eigenvalue weighted by molar-refractivity contribution is 7.80. The molecule has 10 nitrogen and oxygen atoms in total. The maximum absolute atomic E-state index is 12.4. The van der Waals surface area contributed by atoms with Crippen molar-refractivity contribution in [3.8, 4) is 28.7 Å². The van der Waals surface area contributed by atoms with Crippen LogP contribution < -0.4 is 29.6 Å². The number of benzene rings is 3. The van der Waals surface area contributed by atoms with Crippen molar-refractivity contribution in [1.82, 2.24) is 15.2 Å². The molecule has 0 unspecified atom stereocenters. The van der Waals surface area contributed by atoms with Gasteiger partial charge in [0.1, 0.15) is 17.2 Å². The molecule has 0 saturated carbocycles. The maximum Gasteiger partial charge on any atom is 0.230 e. The number of methoxy groups -OCH3 is 2. The first-order chi connectivity index (χ1) is 21.5. The smallest absolute Gasteiger partial charge is 0.230 e. The van der Waals surface area contributed by atoms with E-state index in [0.29, 0.717) is 46.6 Å². The molecule has 2 N–H and O–H groups in total. The first-order valence-electron chi connectivity index (χ1n) is 14.4. The minimum atomic E-state index is -0.214. The lowest BCUT2D eigenvalue weighted by molar-refractivity contribution is -0.119. The fraction of sp³-hybridized carbons (Fsp3) is 0.303. The molecule has 0 spiro atoms. The van der Waals surface area contributed by atoms with Gasteiger partial charge >= 0.3 is 0 Å². The van der Waals surface area contributed by atoms with E-state index in [-0.39, 0.29) is 17.4 Å². The van der Waals surface area contributed by atoms with Crippen LogP contribution in [0.25, 0.3) is 10.9 Å². The number of hydrogen-bond donors (Lipinski definition) is 2. The van der Waals surface area contributed by atoms with Gasteiger partial charge in [0.05, 0.1) is 51.7 Å². The molecule has 1 amide bonds. The summed E-state index contributed by atoms with van der Waals surface area (Å²) in [4.78, 5) is 19.3. The van der Waals surface area contributed by atoms with Crippen LogP contribution in [0.5, 0.6) is 28.7 Å². The minimum Gasteiger partial charge on any atom is -0.494 e. The molecule has 5 rings (SSSR count). The van der Waals surface area contributed by atoms with Gasteiger partial charge in [-0.3, -0.25) is 14.7 Å². The number of nitrogens with one attached hydrogen (secondary N) is 2. The van der Waals surface area contributed by atoms with Gasteiger partial charge in [0.25, 0.3) is 0 Å². The molecular weight excluding hydrogens is 580 g/mol. The Hall–Kier alpha value is -4.45. The summed E-state index contributed by atoms with van der Waals surface area (Å²) in [6, 6.07) is 20.3. The number of pyridine rings is 1. The Kier molecular flexibility index (Phi) is 10.8. The second kappa shape index (κ2) is 15.3. The molecule has 44 heavy (non-hydrogen) atoms. The second-order valence-electron chi connectivity index (χ2n) is 10.1. The van der Waals surface area contributed by atoms with Gasteiger partial charge in [-0.1, -0.05) is 30.3 Å². The van der Waals surface area contributed by atoms with Crippen LogP contribution in [0, 0.1) is 0 Å². The molecule has 230 valence electrons. The number of morpholine rings is 1. The highest BCUT2D eigenvalue weighted by atomic mass is 32.1. The number of nitrogens with zero attached hydrogens (tertiary/aromatic N) is 2. The van der Waals surface area contributed by atoms with Crippen LogP contribution in [0.1, 0.15) is 12.0 Å². The zero-order valence-corrected chi connectivity index (χ0v) is 25.7. The summed E-state index contributed by atoms with van der Waals surface area (Å²) in [5, 5.41) is 6.68. The fourth-order valence-electron chi connectivity index (χ4n) is 4.86. The van der Waals surface area contributed by atoms with Crippen LogP contribution >= 0.6 is 12.2 Å². The molecular formula is C33H36N4O6S. The number of fused-ring (bicyclic) bond motifs is 1. The first-order valence-corrected chi connectivity index (χ1v) is 14.8. The number of aromatic nitrogens is 1. The number of anilines is 1. The topological polar surface area (TPSA) is 103 Å². The van der Waals surface area contributed by atoms with E-state index in [0.717, 1.165) is 50.2 Å². The normalized spacial score (nSPS) is 13.2. The summed E-state index contributed by atoms with van der Waals surface area (Å²) in [5.74, 6) is 2.65. The van der Waals surface area contributed by atoms with Crippen molar-refractivity contribution in [1.29, 1.82) is 0 Å². The zero-order valence-electron chi connectivity index (χ0n) is 24.8. The minimum absolute atomic E-state index is 0.171. The van der Waals surface area contributed by atoms with Gasteiger partial charge in [-0.2, -0.15) is 0 Å². The van der Waals surface area contributed by atoms with Crippen molar-refractivity contribution in [2.45, 2.75) is 12.8 Å². The number of ether oxygens (including phenoxy) is 5. The molecule has 1 saturated heterocycles. The van der Waals surface area contributed by atoms with Crippen molar-refractivity contribution in [2.75, 3.05) is 59.0 Å². The van der Waals surface area contributed by atoms with Crippen LogP contribution in [0.2, 0.25) is 0 Å². The van der Waals surface area contributed by atoms with Crippen LogP contribution in [0.3, 0.4) is 0 Å². The average Bonchev–Trinajstić information content (AvgIpc) is 3.04. The van der Waals surface area contributed by atoms with Gasteiger partial charge < -0.3 is 34.3 Å². The van der Waals surface area contributed by atoms with E-state index in [1.165, 1.54) is 0 Å². The number of carbonyl (C=O) groups is 1. The van der Waals surface area contributed by atoms with E-state index in [1.54, 1.807) is 44.7 Å². The molecule has 1 aromatic heterocycles. The summed E-state index contributed by atoms with van der Waals surface area (Å²) >= 11 is 5.36. The summed E-state index contributed by atoms with van der Waals surface area (Å²) in [6.07, 6.45) is 2.81. The Morgan fingerprint density at radius 1 is 0.955 bits per heavy atom. The molecule has 1 fully saturated rings. The summed E-state index contributed by atoms with van der Waals surface area (Å²) in [7, 11) is 3.17. The molecule has 0 radical (unpaired) electrons. The first kappa shape index (κ1) is 31.0. The number of amides is 1. The van der Waals surface area contributed by atoms with Gasteiger partial charge in [-0.05, 0) is 48.5 Å². The highest BCUT2D eigenvalue weighted by Gasteiger charge is 2.15. The summed E-state index contributed by atoms with van der Waals surface area (Å²) < 4.78 is 29.0. The van der Waals surface area contributed by atoms with E-state index < -0.39 is 0 Å². The summed E-state index contributed by atoms with van der Waals surface area (Å²) in [6.45, 7) is 5.01. The molecule has 4 aromatic rings. The molecule has 3 aromatic carbocycles. The van der Waals surface area contributed by atoms with Crippen LogP contribution in [-0.4, -0.2) is 74.6 Å². The van der Waals surface area contributed by atoms with Crippen molar-refractivity contribution >= 4 is 39.8 Å². The van der Waals surface area contributed by atoms with Gasteiger partial charge in [0, 0.05) is 43.4 Å². The SMILES string of the molecule is COc1cc(Oc2ccnc3cc(OCCCN4CCOCC4)c(OC)cc23)ccc1NC(=S)NC(=O)Cc1ccccc1. The number of rotatable bonds is 12. The number of carbonyl (C=O) groups excluding carboxylic acids is 1. The molecule has 2 heterocycles. The summed E-state index contributed by atoms with van der Waals surface area (Å²) in [5.41, 5.74) is 2.20. The Labute approximate surface area is 262 Å². The lowest BCUT2D eigenvalue weighted by atomic mass is 10.1. The fourth-order valence-corrected chi connectivity index (χ4v) is 5.08. The average molecular weight is 617 g/mol. The molecule has 0 aliphatic carbocycles. The second-order valence-corrected chi connectivity index (χ2v) is 10.5. The molecule has 1 aliphatic rings. The van der Waals surface area contributed by atoms with Crippen LogP contribution in [0.4, 0.5) is 5.69 Å². The highest BCUT2D eigenvalue weighted by Crippen LogP contribution is 2.38. The van der Waals surface area contributed by atoms with E-state index in [9.17, 15) is 4.79 Å². The van der Waals surface area contributed by atoms with Crippen LogP contribution in [0.15, 0.2) is 72.9 Å². The maximum atomic E-state index is 12.4. The van der Waals surface area contributed by atoms with E-state index in [2.05, 4.69) is 20.5 Å². The van der Waals surface area contributed by atoms with Crippen molar-refractivity contribution in [2.24, 2.45) is 0 Å². The monoisotopic (exact) mass is 616 g/mol. The molecule has 0 bridgehead atoms. The standard InChI is InChI=1S/C33H36N4O6S/c1-39-29-20-24(9-10-26(29)35-33(44)36-32(38)19-23-7-4-3-5-8-23)43-28-11-12-34-27-22-31(30(40-2)21-25(27)28)42-16-6-13-37-14-17-41-18-15-37/h3-5,7-12,20-22H,6,13-19H2,1-2H3,(H2,35,36,38,44). The number of thiocarbonyl (C=S) groups is 1. The third-order valence-electron chi connectivity index (χ3n) is 7.08. The predicted molar refractivity (Wildman–Crippen MR) is 173 cm³/mol. The van der Waals surface area contributed by atoms with Gasteiger partial charge in [-0.25, -0.2) is 0 Å². The van der Waals surface area contributed by atoms with Crippen LogP contribution in [-0.2, 0) is 16.0 Å². The Morgan fingerprint density at radius 2 is 1.75 bits per heavy atom. The molecule has 0 atom stereocenters. The molecule has 11 heteroatoms. The molecule has 1 aliphatic heterocycles. The van der Waals surface area contributed by atoms with Crippen molar-refractivity contribution in [3.05, 3.63) is 78.5 Å². The van der Waals surface area contributed by atoms with E-state index >= 15 is 0 Å². The lowest BCUT2D eigenvalue weighted by Gasteiger charge is -2.26. The Bertz CT molecular complexity index is 1580. The van der Waals surface area contributed by atoms with Gasteiger partial charge in [0.15, 0.2) is 16.6 Å². The number of hydrogen-bond acceptors (Lipinski definition) is 9. The quantitative estimate of drug-likeness (QED) is 0.163. The van der Waals surface area contributed by atoms with E-state index in [4.69, 9.17) is 35.9 Å². The van der Waals surface area contributed by atoms with Gasteiger partial charge in [-0.15, -0.1) is 0 Å². The predicted octanol–water partition coefficient (Wildman–Crippen LogP) is 5.20. The Morgan fingerprint density at radius 3 is 2.52 bits per heavy atom. The largest absolute Gasteiger partial charge is 0.494 e. The van der Waals surface area contributed by atoms with Crippen molar-refractivity contribution < 1.29 is 28.5 Å². The lowest BCUT2D eigenvalue weighted by Crippen LogP contribution is -2.37. The van der Waals surface area contributed by atoms with E-state index in [1.807, 2.05) is 42.5 Å². The third-order valence-corrected chi connectivity index (χ3v) is 7.28. The Balaban J connectivity index is 1.23.